The van der Waals surface area contributed by atoms with Gasteiger partial charge in [-0.3, -0.25) is 4.72 Å². The van der Waals surface area contributed by atoms with Gasteiger partial charge in [0.1, 0.15) is 0 Å². The molecule has 0 saturated carbocycles. The zero-order valence-corrected chi connectivity index (χ0v) is 9.75. The third kappa shape index (κ3) is 8.56. The number of hydrogen-bond acceptors (Lipinski definition) is 4. The summed E-state index contributed by atoms with van der Waals surface area (Å²) < 4.78 is 8.48. The normalized spacial score (nSPS) is 13.2. The van der Waals surface area contributed by atoms with E-state index in [1.165, 1.54) is 0 Å². The van der Waals surface area contributed by atoms with Crippen LogP contribution in [0.25, 0.3) is 0 Å². The number of rotatable bonds is 9. The summed E-state index contributed by atoms with van der Waals surface area (Å²) in [5.41, 5.74) is 0. The molecule has 0 aliphatic rings. The molecule has 0 heterocycles. The summed E-state index contributed by atoms with van der Waals surface area (Å²) in [5, 5.41) is 3.12. The molecule has 80 valence electrons. The molecule has 0 aliphatic carbocycles. The quantitative estimate of drug-likeness (QED) is 0.439. The molecular formula is C9H22N2OS. The maximum Gasteiger partial charge on any atom is 0.0477 e. The molecule has 3 nitrogen and oxygen atoms in total. The highest BCUT2D eigenvalue weighted by Gasteiger charge is 2.03. The minimum absolute atomic E-state index is 0.585. The fraction of sp³-hybridized carbons (Fsp3) is 1.00. The lowest BCUT2D eigenvalue weighted by molar-refractivity contribution is 0.185. The molecule has 4 heteroatoms. The first-order valence-electron chi connectivity index (χ1n) is 4.86. The van der Waals surface area contributed by atoms with E-state index in [0.717, 1.165) is 31.7 Å². The second kappa shape index (κ2) is 10.3. The van der Waals surface area contributed by atoms with Crippen LogP contribution in [-0.4, -0.2) is 39.1 Å². The van der Waals surface area contributed by atoms with Gasteiger partial charge in [-0.2, -0.15) is 0 Å². The fourth-order valence-electron chi connectivity index (χ4n) is 0.936. The average Bonchev–Trinajstić information content (AvgIpc) is 2.17. The van der Waals surface area contributed by atoms with Crippen LogP contribution in [0, 0.1) is 0 Å². The Bertz CT molecular complexity index is 104. The standard InChI is InChI=1S/C9H22N2OS/c1-4-9(5-7-12-3)11-13-8-6-10-2/h9-11H,4-8H2,1-3H3. The van der Waals surface area contributed by atoms with Crippen molar-refractivity contribution < 1.29 is 4.74 Å². The van der Waals surface area contributed by atoms with Crippen molar-refractivity contribution in [2.45, 2.75) is 25.8 Å². The minimum atomic E-state index is 0.585. The zero-order chi connectivity index (χ0) is 9.94. The Kier molecular flexibility index (Phi) is 10.5. The summed E-state index contributed by atoms with van der Waals surface area (Å²) in [6.07, 6.45) is 2.26. The van der Waals surface area contributed by atoms with Gasteiger partial charge in [0.15, 0.2) is 0 Å². The van der Waals surface area contributed by atoms with E-state index in [9.17, 15) is 0 Å². The molecule has 0 saturated heterocycles. The fourth-order valence-corrected chi connectivity index (χ4v) is 1.88. The Morgan fingerprint density at radius 3 is 2.77 bits per heavy atom. The highest BCUT2D eigenvalue weighted by Crippen LogP contribution is 2.03. The lowest BCUT2D eigenvalue weighted by atomic mass is 10.2. The maximum atomic E-state index is 5.04. The molecule has 2 N–H and O–H groups in total. The monoisotopic (exact) mass is 206 g/mol. The van der Waals surface area contributed by atoms with Crippen molar-refractivity contribution >= 4 is 11.9 Å². The van der Waals surface area contributed by atoms with Crippen molar-refractivity contribution in [1.82, 2.24) is 10.0 Å². The SMILES string of the molecule is CCC(CCOC)NSCCNC. The molecule has 0 rings (SSSR count). The van der Waals surface area contributed by atoms with E-state index in [1.54, 1.807) is 19.1 Å². The molecular weight excluding hydrogens is 184 g/mol. The van der Waals surface area contributed by atoms with Crippen LogP contribution in [0.1, 0.15) is 19.8 Å². The molecule has 0 aliphatic heterocycles. The molecule has 0 aromatic rings. The first-order chi connectivity index (χ1) is 6.35. The van der Waals surface area contributed by atoms with Gasteiger partial charge < -0.3 is 10.1 Å². The number of methoxy groups -OCH3 is 1. The Morgan fingerprint density at radius 1 is 1.46 bits per heavy atom. The average molecular weight is 206 g/mol. The summed E-state index contributed by atoms with van der Waals surface area (Å²) in [4.78, 5) is 0. The number of ether oxygens (including phenoxy) is 1. The van der Waals surface area contributed by atoms with Crippen LogP contribution < -0.4 is 10.0 Å². The van der Waals surface area contributed by atoms with Crippen LogP contribution >= 0.6 is 11.9 Å². The van der Waals surface area contributed by atoms with E-state index in [0.29, 0.717) is 6.04 Å². The van der Waals surface area contributed by atoms with E-state index in [-0.39, 0.29) is 0 Å². The van der Waals surface area contributed by atoms with Crippen LogP contribution in [0.3, 0.4) is 0 Å². The minimum Gasteiger partial charge on any atom is -0.385 e. The number of nitrogens with one attached hydrogen (secondary N) is 2. The van der Waals surface area contributed by atoms with Crippen molar-refractivity contribution in [2.75, 3.05) is 33.1 Å². The van der Waals surface area contributed by atoms with Crippen LogP contribution in [0.2, 0.25) is 0 Å². The highest BCUT2D eigenvalue weighted by molar-refractivity contribution is 7.97. The third-order valence-corrected chi connectivity index (χ3v) is 2.78. The molecule has 0 radical (unpaired) electrons. The first-order valence-corrected chi connectivity index (χ1v) is 5.84. The van der Waals surface area contributed by atoms with Crippen molar-refractivity contribution in [3.8, 4) is 0 Å². The van der Waals surface area contributed by atoms with E-state index in [1.807, 2.05) is 7.05 Å². The lowest BCUT2D eigenvalue weighted by Crippen LogP contribution is -2.25. The van der Waals surface area contributed by atoms with Crippen LogP contribution in [-0.2, 0) is 4.74 Å². The van der Waals surface area contributed by atoms with Crippen molar-refractivity contribution in [3.05, 3.63) is 0 Å². The van der Waals surface area contributed by atoms with Crippen LogP contribution in [0.15, 0.2) is 0 Å². The van der Waals surface area contributed by atoms with Crippen molar-refractivity contribution in [1.29, 1.82) is 0 Å². The summed E-state index contributed by atoms with van der Waals surface area (Å²) in [7, 11) is 3.73. The maximum absolute atomic E-state index is 5.04. The zero-order valence-electron chi connectivity index (χ0n) is 8.93. The Balaban J connectivity index is 3.25. The Hall–Kier alpha value is 0.230. The van der Waals surface area contributed by atoms with Gasteiger partial charge in [0.05, 0.1) is 0 Å². The third-order valence-electron chi connectivity index (χ3n) is 1.87. The second-order valence-electron chi connectivity index (χ2n) is 2.96. The van der Waals surface area contributed by atoms with Gasteiger partial charge in [-0.05, 0) is 19.9 Å². The smallest absolute Gasteiger partial charge is 0.0477 e. The highest BCUT2D eigenvalue weighted by atomic mass is 32.2. The molecule has 0 bridgehead atoms. The molecule has 0 spiro atoms. The van der Waals surface area contributed by atoms with E-state index in [4.69, 9.17) is 4.74 Å². The van der Waals surface area contributed by atoms with Gasteiger partial charge in [-0.15, -0.1) is 0 Å². The lowest BCUT2D eigenvalue weighted by Gasteiger charge is -2.15. The van der Waals surface area contributed by atoms with Gasteiger partial charge in [-0.1, -0.05) is 18.9 Å². The van der Waals surface area contributed by atoms with Crippen molar-refractivity contribution in [3.63, 3.8) is 0 Å². The first kappa shape index (κ1) is 13.2. The summed E-state index contributed by atoms with van der Waals surface area (Å²) >= 11 is 1.79. The summed E-state index contributed by atoms with van der Waals surface area (Å²) in [6.45, 7) is 4.10. The topological polar surface area (TPSA) is 33.3 Å². The molecule has 0 aromatic carbocycles. The molecule has 1 unspecified atom stereocenters. The van der Waals surface area contributed by atoms with E-state index < -0.39 is 0 Å². The van der Waals surface area contributed by atoms with E-state index >= 15 is 0 Å². The Morgan fingerprint density at radius 2 is 2.23 bits per heavy atom. The second-order valence-corrected chi connectivity index (χ2v) is 3.89. The number of hydrogen-bond donors (Lipinski definition) is 2. The van der Waals surface area contributed by atoms with Gasteiger partial charge in [0.25, 0.3) is 0 Å². The van der Waals surface area contributed by atoms with Gasteiger partial charge in [0.2, 0.25) is 0 Å². The van der Waals surface area contributed by atoms with E-state index in [2.05, 4.69) is 17.0 Å². The largest absolute Gasteiger partial charge is 0.385 e. The molecule has 13 heavy (non-hydrogen) atoms. The Labute approximate surface area is 86.1 Å². The van der Waals surface area contributed by atoms with Crippen LogP contribution in [0.5, 0.6) is 0 Å². The molecule has 1 atom stereocenters. The molecule has 0 fully saturated rings. The van der Waals surface area contributed by atoms with Gasteiger partial charge >= 0.3 is 0 Å². The van der Waals surface area contributed by atoms with Crippen molar-refractivity contribution in [2.24, 2.45) is 0 Å². The summed E-state index contributed by atoms with van der Waals surface area (Å²) in [6, 6.07) is 0.585. The van der Waals surface area contributed by atoms with Gasteiger partial charge in [-0.25, -0.2) is 0 Å². The predicted octanol–water partition coefficient (Wildman–Crippen LogP) is 1.26. The van der Waals surface area contributed by atoms with Crippen LogP contribution in [0.4, 0.5) is 0 Å². The van der Waals surface area contributed by atoms with Gasteiger partial charge in [0, 0.05) is 32.1 Å². The molecule has 0 aromatic heterocycles. The molecule has 0 amide bonds. The summed E-state index contributed by atoms with van der Waals surface area (Å²) in [5.74, 6) is 1.11. The predicted molar refractivity (Wildman–Crippen MR) is 60.1 cm³/mol.